The second-order valence-corrected chi connectivity index (χ2v) is 6.92. The molecule has 19 heavy (non-hydrogen) atoms. The van der Waals surface area contributed by atoms with E-state index in [1.54, 1.807) is 0 Å². The zero-order valence-electron chi connectivity index (χ0n) is 11.7. The van der Waals surface area contributed by atoms with E-state index in [4.69, 9.17) is 11.6 Å². The van der Waals surface area contributed by atoms with Crippen molar-refractivity contribution in [3.05, 3.63) is 35.4 Å². The Kier molecular flexibility index (Phi) is 4.20. The van der Waals surface area contributed by atoms with Crippen molar-refractivity contribution in [1.82, 2.24) is 0 Å². The van der Waals surface area contributed by atoms with Gasteiger partial charge in [0, 0.05) is 10.9 Å². The lowest BCUT2D eigenvalue weighted by Crippen LogP contribution is -2.40. The maximum absolute atomic E-state index is 14.0. The van der Waals surface area contributed by atoms with Crippen LogP contribution in [0.25, 0.3) is 0 Å². The highest BCUT2D eigenvalue weighted by Crippen LogP contribution is 2.45. The molecule has 3 unspecified atom stereocenters. The molecule has 0 heterocycles. The van der Waals surface area contributed by atoms with Gasteiger partial charge in [0.2, 0.25) is 0 Å². The van der Waals surface area contributed by atoms with Crippen molar-refractivity contribution in [1.29, 1.82) is 0 Å². The maximum Gasteiger partial charge on any atom is 0.129 e. The molecule has 0 nitrogen and oxygen atoms in total. The fourth-order valence-corrected chi connectivity index (χ4v) is 4.17. The van der Waals surface area contributed by atoms with Gasteiger partial charge < -0.3 is 0 Å². The Hall–Kier alpha value is -0.630. The molecule has 2 rings (SSSR count). The highest BCUT2D eigenvalue weighted by atomic mass is 35.5. The van der Waals surface area contributed by atoms with E-state index in [0.717, 1.165) is 19.3 Å². The smallest absolute Gasteiger partial charge is 0.129 e. The Morgan fingerprint density at radius 1 is 1.16 bits per heavy atom. The van der Waals surface area contributed by atoms with Gasteiger partial charge in [-0.1, -0.05) is 33.3 Å². The Morgan fingerprint density at radius 2 is 1.74 bits per heavy atom. The van der Waals surface area contributed by atoms with E-state index >= 15 is 0 Å². The molecule has 0 spiro atoms. The largest absolute Gasteiger partial charge is 0.207 e. The van der Waals surface area contributed by atoms with Crippen molar-refractivity contribution in [2.75, 3.05) is 0 Å². The summed E-state index contributed by atoms with van der Waals surface area (Å²) >= 11 is 6.47. The summed E-state index contributed by atoms with van der Waals surface area (Å²) in [6.45, 7) is 6.00. The van der Waals surface area contributed by atoms with Gasteiger partial charge in [-0.3, -0.25) is 0 Å². The molecule has 1 fully saturated rings. The Bertz CT molecular complexity index is 436. The standard InChI is InChI=1S/C16H21ClF2/c1-10-7-8-11(12(17)9-10)16(2,3)15-13(18)5-4-6-14(15)19/h4-6,10-12H,7-9H2,1-3H3. The number of benzene rings is 1. The van der Waals surface area contributed by atoms with Crippen LogP contribution < -0.4 is 0 Å². The minimum Gasteiger partial charge on any atom is -0.207 e. The quantitative estimate of drug-likeness (QED) is 0.648. The fourth-order valence-electron chi connectivity index (χ4n) is 3.42. The Labute approximate surface area is 119 Å². The fraction of sp³-hybridized carbons (Fsp3) is 0.625. The molecule has 1 aromatic rings. The minimum absolute atomic E-state index is 0.0160. The summed E-state index contributed by atoms with van der Waals surface area (Å²) in [5, 5.41) is -0.0160. The molecule has 3 atom stereocenters. The molecule has 0 aliphatic heterocycles. The number of rotatable bonds is 2. The van der Waals surface area contributed by atoms with Crippen LogP contribution in [0.2, 0.25) is 0 Å². The van der Waals surface area contributed by atoms with Crippen LogP contribution in [-0.2, 0) is 5.41 Å². The zero-order valence-corrected chi connectivity index (χ0v) is 12.5. The molecule has 0 aromatic heterocycles. The van der Waals surface area contributed by atoms with Gasteiger partial charge in [0.15, 0.2) is 0 Å². The highest BCUT2D eigenvalue weighted by molar-refractivity contribution is 6.20. The molecule has 0 bridgehead atoms. The average molecular weight is 287 g/mol. The second-order valence-electron chi connectivity index (χ2n) is 6.36. The van der Waals surface area contributed by atoms with Crippen LogP contribution in [0.1, 0.15) is 45.6 Å². The van der Waals surface area contributed by atoms with Crippen molar-refractivity contribution >= 4 is 11.6 Å². The van der Waals surface area contributed by atoms with E-state index in [9.17, 15) is 8.78 Å². The van der Waals surface area contributed by atoms with Gasteiger partial charge in [0.25, 0.3) is 0 Å². The van der Waals surface area contributed by atoms with Gasteiger partial charge in [-0.25, -0.2) is 8.78 Å². The molecule has 1 aliphatic carbocycles. The third-order valence-corrected chi connectivity index (χ3v) is 5.05. The summed E-state index contributed by atoms with van der Waals surface area (Å²) in [6.07, 6.45) is 2.93. The normalized spacial score (nSPS) is 28.4. The van der Waals surface area contributed by atoms with Crippen LogP contribution in [0.5, 0.6) is 0 Å². The molecular weight excluding hydrogens is 266 g/mol. The van der Waals surface area contributed by atoms with Crippen molar-refractivity contribution in [2.45, 2.75) is 50.8 Å². The van der Waals surface area contributed by atoms with Crippen molar-refractivity contribution in [2.24, 2.45) is 11.8 Å². The molecule has 1 aromatic carbocycles. The summed E-state index contributed by atoms with van der Waals surface area (Å²) in [4.78, 5) is 0. The lowest BCUT2D eigenvalue weighted by Gasteiger charge is -2.42. The molecule has 1 aliphatic rings. The van der Waals surface area contributed by atoms with Crippen LogP contribution >= 0.6 is 11.6 Å². The second kappa shape index (κ2) is 5.40. The van der Waals surface area contributed by atoms with E-state index in [1.165, 1.54) is 18.2 Å². The van der Waals surface area contributed by atoms with E-state index in [-0.39, 0.29) is 16.9 Å². The van der Waals surface area contributed by atoms with Crippen LogP contribution in [-0.4, -0.2) is 5.38 Å². The van der Waals surface area contributed by atoms with E-state index in [1.807, 2.05) is 13.8 Å². The average Bonchev–Trinajstić information content (AvgIpc) is 2.27. The summed E-state index contributed by atoms with van der Waals surface area (Å²) in [6, 6.07) is 4.06. The summed E-state index contributed by atoms with van der Waals surface area (Å²) in [5.41, 5.74) is -0.401. The topological polar surface area (TPSA) is 0 Å². The van der Waals surface area contributed by atoms with Crippen molar-refractivity contribution in [3.63, 3.8) is 0 Å². The SMILES string of the molecule is CC1CCC(C(C)(C)c2c(F)cccc2F)C(Cl)C1. The van der Waals surface area contributed by atoms with E-state index in [2.05, 4.69) is 6.92 Å². The lowest BCUT2D eigenvalue weighted by molar-refractivity contribution is 0.199. The van der Waals surface area contributed by atoms with Crippen molar-refractivity contribution < 1.29 is 8.78 Å². The van der Waals surface area contributed by atoms with E-state index < -0.39 is 17.0 Å². The van der Waals surface area contributed by atoms with Crippen LogP contribution in [0.3, 0.4) is 0 Å². The number of alkyl halides is 1. The third-order valence-electron chi connectivity index (χ3n) is 4.57. The number of hydrogen-bond donors (Lipinski definition) is 0. The van der Waals surface area contributed by atoms with Gasteiger partial charge in [0.05, 0.1) is 0 Å². The molecule has 3 heteroatoms. The maximum atomic E-state index is 14.0. The molecule has 0 amide bonds. The molecule has 1 saturated carbocycles. The minimum atomic E-state index is -0.581. The number of halogens is 3. The van der Waals surface area contributed by atoms with Crippen LogP contribution in [0.4, 0.5) is 8.78 Å². The van der Waals surface area contributed by atoms with Gasteiger partial charge in [0.1, 0.15) is 11.6 Å². The van der Waals surface area contributed by atoms with Crippen LogP contribution in [0, 0.1) is 23.5 Å². The van der Waals surface area contributed by atoms with Gasteiger partial charge >= 0.3 is 0 Å². The first-order valence-corrected chi connectivity index (χ1v) is 7.36. The predicted octanol–water partition coefficient (Wildman–Crippen LogP) is 5.29. The first kappa shape index (κ1) is 14.8. The number of hydrogen-bond acceptors (Lipinski definition) is 0. The molecule has 106 valence electrons. The first-order chi connectivity index (χ1) is 8.84. The molecular formula is C16H21ClF2. The van der Waals surface area contributed by atoms with Crippen LogP contribution in [0.15, 0.2) is 18.2 Å². The lowest BCUT2D eigenvalue weighted by atomic mass is 9.65. The van der Waals surface area contributed by atoms with Gasteiger partial charge in [-0.05, 0) is 42.2 Å². The molecule has 0 saturated heterocycles. The predicted molar refractivity (Wildman–Crippen MR) is 75.5 cm³/mol. The van der Waals surface area contributed by atoms with Gasteiger partial charge in [-0.15, -0.1) is 11.6 Å². The molecule has 0 N–H and O–H groups in total. The summed E-state index contributed by atoms with van der Waals surface area (Å²) in [5.74, 6) is -0.225. The summed E-state index contributed by atoms with van der Waals surface area (Å²) in [7, 11) is 0. The summed E-state index contributed by atoms with van der Waals surface area (Å²) < 4.78 is 28.0. The monoisotopic (exact) mass is 286 g/mol. The Balaban J connectivity index is 2.36. The van der Waals surface area contributed by atoms with Gasteiger partial charge in [-0.2, -0.15) is 0 Å². The van der Waals surface area contributed by atoms with E-state index in [0.29, 0.717) is 5.92 Å². The van der Waals surface area contributed by atoms with Crippen molar-refractivity contribution in [3.8, 4) is 0 Å². The molecule has 0 radical (unpaired) electrons. The first-order valence-electron chi connectivity index (χ1n) is 6.92. The third kappa shape index (κ3) is 2.79. The highest BCUT2D eigenvalue weighted by Gasteiger charge is 2.41. The zero-order chi connectivity index (χ0) is 14.2. The Morgan fingerprint density at radius 3 is 2.26 bits per heavy atom.